The van der Waals surface area contributed by atoms with Crippen LogP contribution in [0, 0.1) is 0 Å². The lowest BCUT2D eigenvalue weighted by Gasteiger charge is -2.37. The van der Waals surface area contributed by atoms with Crippen molar-refractivity contribution in [3.8, 4) is 0 Å². The predicted molar refractivity (Wildman–Crippen MR) is 105 cm³/mol. The van der Waals surface area contributed by atoms with Crippen molar-refractivity contribution < 1.29 is 17.4 Å². The SMILES string of the molecule is O=S(N1Cc2ccccc2N(Cc2cnc[nH]2)C(CCN2CCC2)C1)C(F)(F)F. The molecule has 0 radical (unpaired) electrons. The minimum atomic E-state index is -4.77. The Morgan fingerprint density at radius 1 is 1.24 bits per heavy atom. The first-order valence-corrected chi connectivity index (χ1v) is 10.8. The standard InChI is InChI=1S/C19H24F3N5OS/c20-19(21,22)29(28)26-11-15-4-1-2-5-18(15)27(12-16-10-23-14-24-16)17(13-26)6-9-25-7-3-8-25/h1-2,4-5,10,14,17H,3,6-9,11-13H2,(H,23,24). The number of nitrogens with zero attached hydrogens (tertiary/aromatic N) is 4. The van der Waals surface area contributed by atoms with Gasteiger partial charge in [0, 0.05) is 37.6 Å². The van der Waals surface area contributed by atoms with Crippen LogP contribution in [0.1, 0.15) is 24.1 Å². The molecule has 0 bridgehead atoms. The number of anilines is 1. The minimum Gasteiger partial charge on any atom is -0.361 e. The molecule has 2 aromatic rings. The maximum Gasteiger partial charge on any atom is 0.485 e. The lowest BCUT2D eigenvalue weighted by Crippen LogP contribution is -2.47. The molecule has 1 fully saturated rings. The fraction of sp³-hybridized carbons (Fsp3) is 0.526. The first-order valence-electron chi connectivity index (χ1n) is 9.69. The normalized spacial score (nSPS) is 22.0. The minimum absolute atomic E-state index is 0.00197. The third kappa shape index (κ3) is 4.65. The summed E-state index contributed by atoms with van der Waals surface area (Å²) in [5, 5.41) is 0. The third-order valence-corrected chi connectivity index (χ3v) is 6.70. The van der Waals surface area contributed by atoms with Gasteiger partial charge < -0.3 is 14.8 Å². The van der Waals surface area contributed by atoms with E-state index in [1.165, 1.54) is 0 Å². The number of hydrogen-bond donors (Lipinski definition) is 1. The number of rotatable bonds is 6. The first kappa shape index (κ1) is 20.4. The van der Waals surface area contributed by atoms with E-state index < -0.39 is 16.5 Å². The fourth-order valence-electron chi connectivity index (χ4n) is 3.94. The number of nitrogens with one attached hydrogen (secondary N) is 1. The van der Waals surface area contributed by atoms with Crippen LogP contribution in [0.5, 0.6) is 0 Å². The monoisotopic (exact) mass is 427 g/mol. The lowest BCUT2D eigenvalue weighted by molar-refractivity contribution is -0.0431. The van der Waals surface area contributed by atoms with E-state index in [0.717, 1.165) is 47.3 Å². The molecule has 3 heterocycles. The van der Waals surface area contributed by atoms with Gasteiger partial charge in [-0.1, -0.05) is 18.2 Å². The summed E-state index contributed by atoms with van der Waals surface area (Å²) in [5.41, 5.74) is -2.25. The van der Waals surface area contributed by atoms with Gasteiger partial charge in [0.05, 0.1) is 18.6 Å². The molecule has 0 aliphatic carbocycles. The van der Waals surface area contributed by atoms with Crippen LogP contribution in [0.25, 0.3) is 0 Å². The Morgan fingerprint density at radius 2 is 2.03 bits per heavy atom. The maximum atomic E-state index is 13.3. The lowest BCUT2D eigenvalue weighted by atomic mass is 10.1. The molecule has 2 aliphatic heterocycles. The number of imidazole rings is 1. The van der Waals surface area contributed by atoms with Crippen molar-refractivity contribution in [2.45, 2.75) is 37.5 Å². The van der Waals surface area contributed by atoms with E-state index in [9.17, 15) is 17.4 Å². The highest BCUT2D eigenvalue weighted by Crippen LogP contribution is 2.34. The average molecular weight is 427 g/mol. The summed E-state index contributed by atoms with van der Waals surface area (Å²) < 4.78 is 53.1. The van der Waals surface area contributed by atoms with Crippen molar-refractivity contribution in [3.05, 3.63) is 48.0 Å². The van der Waals surface area contributed by atoms with Crippen molar-refractivity contribution in [3.63, 3.8) is 0 Å². The Hall–Kier alpha value is -1.91. The van der Waals surface area contributed by atoms with E-state index in [0.29, 0.717) is 13.0 Å². The molecule has 158 valence electrons. The highest BCUT2D eigenvalue weighted by molar-refractivity contribution is 7.83. The number of para-hydroxylation sites is 1. The summed E-state index contributed by atoms with van der Waals surface area (Å²) in [5.74, 6) is 0. The second-order valence-corrected chi connectivity index (χ2v) is 8.97. The number of alkyl halides is 3. The molecular weight excluding hydrogens is 403 g/mol. The highest BCUT2D eigenvalue weighted by Gasteiger charge is 2.43. The molecule has 2 atom stereocenters. The quantitative estimate of drug-likeness (QED) is 0.770. The smallest absolute Gasteiger partial charge is 0.361 e. The Labute approximate surface area is 170 Å². The van der Waals surface area contributed by atoms with Crippen LogP contribution in [0.2, 0.25) is 0 Å². The van der Waals surface area contributed by atoms with Crippen molar-refractivity contribution in [1.82, 2.24) is 19.2 Å². The summed E-state index contributed by atoms with van der Waals surface area (Å²) in [4.78, 5) is 11.6. The fourth-order valence-corrected chi connectivity index (χ4v) is 4.79. The zero-order chi connectivity index (χ0) is 20.4. The second kappa shape index (κ2) is 8.45. The molecular formula is C19H24F3N5OS. The molecule has 2 unspecified atom stereocenters. The Kier molecular flexibility index (Phi) is 5.93. The number of aromatic amines is 1. The number of benzene rings is 1. The van der Waals surface area contributed by atoms with Gasteiger partial charge >= 0.3 is 5.51 Å². The van der Waals surface area contributed by atoms with Gasteiger partial charge in [0.1, 0.15) is 0 Å². The van der Waals surface area contributed by atoms with Crippen molar-refractivity contribution in [2.75, 3.05) is 31.1 Å². The third-order valence-electron chi connectivity index (χ3n) is 5.56. The molecule has 0 saturated carbocycles. The van der Waals surface area contributed by atoms with Gasteiger partial charge in [-0.25, -0.2) is 13.5 Å². The summed E-state index contributed by atoms with van der Waals surface area (Å²) in [6, 6.07) is 7.24. The largest absolute Gasteiger partial charge is 0.485 e. The second-order valence-electron chi connectivity index (χ2n) is 7.49. The molecule has 0 spiro atoms. The van der Waals surface area contributed by atoms with E-state index in [-0.39, 0.29) is 19.1 Å². The molecule has 4 rings (SSSR count). The summed E-state index contributed by atoms with van der Waals surface area (Å²) in [6.45, 7) is 3.47. The van der Waals surface area contributed by atoms with Gasteiger partial charge in [-0.2, -0.15) is 13.2 Å². The van der Waals surface area contributed by atoms with Gasteiger partial charge in [0.25, 0.3) is 0 Å². The van der Waals surface area contributed by atoms with E-state index in [1.807, 2.05) is 24.3 Å². The molecule has 1 aromatic heterocycles. The molecule has 6 nitrogen and oxygen atoms in total. The van der Waals surface area contributed by atoms with Crippen LogP contribution in [-0.2, 0) is 24.1 Å². The average Bonchev–Trinajstić information content (AvgIpc) is 3.10. The maximum absolute atomic E-state index is 13.3. The van der Waals surface area contributed by atoms with E-state index in [1.54, 1.807) is 12.5 Å². The molecule has 1 aromatic carbocycles. The van der Waals surface area contributed by atoms with Crippen molar-refractivity contribution in [1.29, 1.82) is 0 Å². The van der Waals surface area contributed by atoms with Crippen LogP contribution in [0.4, 0.5) is 18.9 Å². The number of fused-ring (bicyclic) bond motifs is 1. The molecule has 0 amide bonds. The van der Waals surface area contributed by atoms with Crippen LogP contribution >= 0.6 is 0 Å². The van der Waals surface area contributed by atoms with Crippen LogP contribution < -0.4 is 4.90 Å². The first-order chi connectivity index (χ1) is 13.9. The topological polar surface area (TPSA) is 55.5 Å². The molecule has 2 aliphatic rings. The number of halogens is 3. The number of likely N-dealkylation sites (tertiary alicyclic amines) is 1. The Morgan fingerprint density at radius 3 is 2.69 bits per heavy atom. The number of aromatic nitrogens is 2. The Balaban J connectivity index is 1.66. The summed E-state index contributed by atoms with van der Waals surface area (Å²) >= 11 is 0. The Bertz CT molecular complexity index is 841. The van der Waals surface area contributed by atoms with Gasteiger partial charge in [-0.3, -0.25) is 0 Å². The van der Waals surface area contributed by atoms with E-state index >= 15 is 0 Å². The predicted octanol–water partition coefficient (Wildman–Crippen LogP) is 2.88. The van der Waals surface area contributed by atoms with Gasteiger partial charge in [-0.05, 0) is 37.6 Å². The van der Waals surface area contributed by atoms with Crippen LogP contribution in [-0.4, -0.2) is 61.1 Å². The number of H-pyrrole nitrogens is 1. The van der Waals surface area contributed by atoms with Gasteiger partial charge in [0.2, 0.25) is 11.0 Å². The zero-order valence-corrected chi connectivity index (χ0v) is 16.8. The molecule has 29 heavy (non-hydrogen) atoms. The molecule has 10 heteroatoms. The van der Waals surface area contributed by atoms with Crippen LogP contribution in [0.15, 0.2) is 36.8 Å². The molecule has 1 saturated heterocycles. The van der Waals surface area contributed by atoms with Crippen molar-refractivity contribution >= 4 is 16.7 Å². The van der Waals surface area contributed by atoms with Gasteiger partial charge in [0.15, 0.2) is 0 Å². The molecule has 1 N–H and O–H groups in total. The highest BCUT2D eigenvalue weighted by atomic mass is 32.2. The summed E-state index contributed by atoms with van der Waals surface area (Å²) in [6.07, 6.45) is 5.19. The summed E-state index contributed by atoms with van der Waals surface area (Å²) in [7, 11) is -3.05. The number of hydrogen-bond acceptors (Lipinski definition) is 4. The van der Waals surface area contributed by atoms with E-state index in [2.05, 4.69) is 19.8 Å². The van der Waals surface area contributed by atoms with E-state index in [4.69, 9.17) is 0 Å². The van der Waals surface area contributed by atoms with Crippen molar-refractivity contribution in [2.24, 2.45) is 0 Å². The van der Waals surface area contributed by atoms with Gasteiger partial charge in [-0.15, -0.1) is 0 Å². The zero-order valence-electron chi connectivity index (χ0n) is 15.9. The van der Waals surface area contributed by atoms with Crippen LogP contribution in [0.3, 0.4) is 0 Å².